The van der Waals surface area contributed by atoms with Gasteiger partial charge >= 0.3 is 5.82 Å². The quantitative estimate of drug-likeness (QED) is 0.482. The number of hydrogen-bond acceptors (Lipinski definition) is 5. The summed E-state index contributed by atoms with van der Waals surface area (Å²) in [6.45, 7) is 0.163. The SMILES string of the molecule is O=[N+]([O-])c1ncccc1OCc1ccc(Cl)nc1. The summed E-state index contributed by atoms with van der Waals surface area (Å²) in [4.78, 5) is 17.7. The third kappa shape index (κ3) is 2.92. The molecule has 0 N–H and O–H groups in total. The molecule has 7 heteroatoms. The number of pyridine rings is 2. The Morgan fingerprint density at radius 2 is 2.17 bits per heavy atom. The van der Waals surface area contributed by atoms with Crippen molar-refractivity contribution in [3.63, 3.8) is 0 Å². The van der Waals surface area contributed by atoms with Crippen molar-refractivity contribution in [1.29, 1.82) is 0 Å². The monoisotopic (exact) mass is 265 g/mol. The van der Waals surface area contributed by atoms with Crippen LogP contribution in [0.5, 0.6) is 5.75 Å². The summed E-state index contributed by atoms with van der Waals surface area (Å²) >= 11 is 5.64. The third-order valence-corrected chi connectivity index (χ3v) is 2.33. The second kappa shape index (κ2) is 5.42. The maximum Gasteiger partial charge on any atom is 0.406 e. The van der Waals surface area contributed by atoms with E-state index in [1.165, 1.54) is 12.3 Å². The molecule has 2 aromatic rings. The van der Waals surface area contributed by atoms with Gasteiger partial charge in [-0.15, -0.1) is 0 Å². The zero-order valence-corrected chi connectivity index (χ0v) is 9.87. The highest BCUT2D eigenvalue weighted by Crippen LogP contribution is 2.23. The molecule has 0 aliphatic heterocycles. The molecule has 0 saturated carbocycles. The number of ether oxygens (including phenoxy) is 1. The van der Waals surface area contributed by atoms with E-state index in [1.807, 2.05) is 0 Å². The number of aromatic nitrogens is 2. The van der Waals surface area contributed by atoms with Gasteiger partial charge in [0.05, 0.1) is 0 Å². The zero-order chi connectivity index (χ0) is 13.0. The summed E-state index contributed by atoms with van der Waals surface area (Å²) in [7, 11) is 0. The van der Waals surface area contributed by atoms with Gasteiger partial charge in [0, 0.05) is 11.8 Å². The summed E-state index contributed by atoms with van der Waals surface area (Å²) in [5.74, 6) is -0.183. The predicted octanol–water partition coefficient (Wildman–Crippen LogP) is 2.62. The van der Waals surface area contributed by atoms with Crippen LogP contribution in [0.25, 0.3) is 0 Å². The lowest BCUT2D eigenvalue weighted by Gasteiger charge is -2.05. The van der Waals surface area contributed by atoms with Crippen LogP contribution in [0.4, 0.5) is 5.82 Å². The highest BCUT2D eigenvalue weighted by molar-refractivity contribution is 6.29. The molecule has 0 bridgehead atoms. The molecule has 0 radical (unpaired) electrons. The van der Waals surface area contributed by atoms with E-state index in [9.17, 15) is 10.1 Å². The van der Waals surface area contributed by atoms with Crippen LogP contribution in [-0.4, -0.2) is 14.9 Å². The van der Waals surface area contributed by atoms with Gasteiger partial charge in [-0.2, -0.15) is 0 Å². The number of halogens is 1. The molecule has 0 fully saturated rings. The zero-order valence-electron chi connectivity index (χ0n) is 9.12. The lowest BCUT2D eigenvalue weighted by atomic mass is 10.3. The van der Waals surface area contributed by atoms with Crippen molar-refractivity contribution >= 4 is 17.4 Å². The van der Waals surface area contributed by atoms with Crippen molar-refractivity contribution in [3.05, 3.63) is 57.5 Å². The number of nitrogens with zero attached hydrogens (tertiary/aromatic N) is 3. The molecule has 0 aliphatic carbocycles. The Morgan fingerprint density at radius 3 is 2.83 bits per heavy atom. The van der Waals surface area contributed by atoms with Gasteiger partial charge < -0.3 is 14.9 Å². The van der Waals surface area contributed by atoms with E-state index in [0.29, 0.717) is 5.15 Å². The molecule has 18 heavy (non-hydrogen) atoms. The Balaban J connectivity index is 2.10. The Hall–Kier alpha value is -2.21. The fourth-order valence-corrected chi connectivity index (χ4v) is 1.40. The lowest BCUT2D eigenvalue weighted by Crippen LogP contribution is -2.00. The van der Waals surface area contributed by atoms with Gasteiger partial charge in [-0.25, -0.2) is 4.98 Å². The van der Waals surface area contributed by atoms with Crippen molar-refractivity contribution in [2.75, 3.05) is 0 Å². The van der Waals surface area contributed by atoms with Crippen molar-refractivity contribution < 1.29 is 9.66 Å². The molecular formula is C11H8ClN3O3. The molecular weight excluding hydrogens is 258 g/mol. The van der Waals surface area contributed by atoms with Crippen LogP contribution < -0.4 is 4.74 Å². The standard InChI is InChI=1S/C11H8ClN3O3/c12-10-4-3-8(6-14-10)7-18-9-2-1-5-13-11(9)15(16)17/h1-6H,7H2. The van der Waals surface area contributed by atoms with Crippen LogP contribution in [-0.2, 0) is 6.61 Å². The van der Waals surface area contributed by atoms with E-state index in [1.54, 1.807) is 24.4 Å². The van der Waals surface area contributed by atoms with Crippen molar-refractivity contribution in [2.45, 2.75) is 6.61 Å². The van der Waals surface area contributed by atoms with Crippen LogP contribution in [0, 0.1) is 10.1 Å². The van der Waals surface area contributed by atoms with Gasteiger partial charge in [-0.05, 0) is 28.1 Å². The summed E-state index contributed by atoms with van der Waals surface area (Å²) < 4.78 is 5.34. The Morgan fingerprint density at radius 1 is 1.33 bits per heavy atom. The van der Waals surface area contributed by atoms with Crippen LogP contribution in [0.3, 0.4) is 0 Å². The minimum Gasteiger partial charge on any atom is -0.481 e. The van der Waals surface area contributed by atoms with Gasteiger partial charge in [0.2, 0.25) is 5.75 Å². The third-order valence-electron chi connectivity index (χ3n) is 2.11. The molecule has 0 amide bonds. The maximum atomic E-state index is 10.7. The first-order valence-corrected chi connectivity index (χ1v) is 5.37. The Labute approximate surface area is 107 Å². The van der Waals surface area contributed by atoms with E-state index >= 15 is 0 Å². The van der Waals surface area contributed by atoms with Gasteiger partial charge in [0.1, 0.15) is 18.0 Å². The first-order valence-electron chi connectivity index (χ1n) is 4.99. The van der Waals surface area contributed by atoms with Gasteiger partial charge in [0.25, 0.3) is 0 Å². The van der Waals surface area contributed by atoms with E-state index < -0.39 is 4.92 Å². The predicted molar refractivity (Wildman–Crippen MR) is 64.5 cm³/mol. The fourth-order valence-electron chi connectivity index (χ4n) is 1.28. The van der Waals surface area contributed by atoms with Crippen LogP contribution in [0.2, 0.25) is 5.15 Å². The van der Waals surface area contributed by atoms with E-state index in [-0.39, 0.29) is 18.2 Å². The molecule has 0 aromatic carbocycles. The van der Waals surface area contributed by atoms with Crippen LogP contribution in [0.15, 0.2) is 36.7 Å². The summed E-state index contributed by atoms with van der Waals surface area (Å²) in [5.41, 5.74) is 0.762. The highest BCUT2D eigenvalue weighted by atomic mass is 35.5. The molecule has 0 saturated heterocycles. The molecule has 6 nitrogen and oxygen atoms in total. The minimum atomic E-state index is -0.588. The molecule has 0 spiro atoms. The van der Waals surface area contributed by atoms with Crippen molar-refractivity contribution in [1.82, 2.24) is 9.97 Å². The van der Waals surface area contributed by atoms with E-state index in [0.717, 1.165) is 5.56 Å². The Kier molecular flexibility index (Phi) is 3.69. The van der Waals surface area contributed by atoms with E-state index in [2.05, 4.69) is 9.97 Å². The topological polar surface area (TPSA) is 78.2 Å². The molecule has 92 valence electrons. The summed E-state index contributed by atoms with van der Waals surface area (Å²) in [6, 6.07) is 6.42. The first-order chi connectivity index (χ1) is 8.66. The largest absolute Gasteiger partial charge is 0.481 e. The average molecular weight is 266 g/mol. The van der Waals surface area contributed by atoms with E-state index in [4.69, 9.17) is 16.3 Å². The molecule has 2 rings (SSSR count). The van der Waals surface area contributed by atoms with Crippen molar-refractivity contribution in [3.8, 4) is 5.75 Å². The second-order valence-corrected chi connectivity index (χ2v) is 3.75. The average Bonchev–Trinajstić information content (AvgIpc) is 2.38. The van der Waals surface area contributed by atoms with Gasteiger partial charge in [-0.1, -0.05) is 17.7 Å². The fraction of sp³-hybridized carbons (Fsp3) is 0.0909. The van der Waals surface area contributed by atoms with Crippen LogP contribution >= 0.6 is 11.6 Å². The lowest BCUT2D eigenvalue weighted by molar-refractivity contribution is -0.390. The van der Waals surface area contributed by atoms with Crippen LogP contribution in [0.1, 0.15) is 5.56 Å². The molecule has 2 aromatic heterocycles. The highest BCUT2D eigenvalue weighted by Gasteiger charge is 2.15. The second-order valence-electron chi connectivity index (χ2n) is 3.36. The summed E-state index contributed by atoms with van der Waals surface area (Å²) in [6.07, 6.45) is 2.89. The molecule has 2 heterocycles. The maximum absolute atomic E-state index is 10.7. The van der Waals surface area contributed by atoms with Crippen molar-refractivity contribution in [2.24, 2.45) is 0 Å². The summed E-state index contributed by atoms with van der Waals surface area (Å²) in [5, 5.41) is 11.1. The molecule has 0 atom stereocenters. The normalized spacial score (nSPS) is 10.1. The minimum absolute atomic E-state index is 0.123. The molecule has 0 unspecified atom stereocenters. The number of hydrogen-bond donors (Lipinski definition) is 0. The van der Waals surface area contributed by atoms with Gasteiger partial charge in [0.15, 0.2) is 0 Å². The number of rotatable bonds is 4. The smallest absolute Gasteiger partial charge is 0.406 e. The van der Waals surface area contributed by atoms with Gasteiger partial charge in [-0.3, -0.25) is 0 Å². The Bertz CT molecular complexity index is 560. The number of nitro groups is 1. The first kappa shape index (κ1) is 12.3. The molecule has 0 aliphatic rings.